The van der Waals surface area contributed by atoms with Crippen LogP contribution in [0.5, 0.6) is 0 Å². The first-order chi connectivity index (χ1) is 21.8. The maximum absolute atomic E-state index is 12.9. The van der Waals surface area contributed by atoms with E-state index in [0.29, 0.717) is 19.4 Å². The monoisotopic (exact) mass is 670 g/mol. The van der Waals surface area contributed by atoms with Crippen LogP contribution in [0.2, 0.25) is 0 Å². The lowest BCUT2D eigenvalue weighted by Crippen LogP contribution is -2.62. The summed E-state index contributed by atoms with van der Waals surface area (Å²) in [5, 5.41) is 33.6. The smallest absolute Gasteiger partial charge is 0.330 e. The Labute approximate surface area is 277 Å². The van der Waals surface area contributed by atoms with E-state index in [2.05, 4.69) is 20.8 Å². The van der Waals surface area contributed by atoms with Gasteiger partial charge in [-0.05, 0) is 43.3 Å². The van der Waals surface area contributed by atoms with E-state index in [1.165, 1.54) is 21.0 Å². The largest absolute Gasteiger partial charge is 0.466 e. The molecular weight excluding hydrogens is 616 g/mol. The lowest BCUT2D eigenvalue weighted by Gasteiger charge is -2.51. The normalized spacial score (nSPS) is 36.8. The van der Waals surface area contributed by atoms with Crippen LogP contribution in [0.1, 0.15) is 87.0 Å². The number of carbonyl (C=O) groups is 3. The number of aliphatic hydroxyl groups is 3. The van der Waals surface area contributed by atoms with Crippen LogP contribution in [0.15, 0.2) is 23.8 Å². The molecule has 47 heavy (non-hydrogen) atoms. The molecule has 13 nitrogen and oxygen atoms in total. The van der Waals surface area contributed by atoms with E-state index in [4.69, 9.17) is 33.2 Å². The molecule has 2 fully saturated rings. The van der Waals surface area contributed by atoms with Crippen molar-refractivity contribution in [3.05, 3.63) is 23.8 Å². The highest BCUT2D eigenvalue weighted by Crippen LogP contribution is 2.47. The van der Waals surface area contributed by atoms with Crippen molar-refractivity contribution in [1.82, 2.24) is 0 Å². The summed E-state index contributed by atoms with van der Waals surface area (Å²) in [7, 11) is 1.19. The maximum atomic E-state index is 12.9. The lowest BCUT2D eigenvalue weighted by molar-refractivity contribution is -0.327. The van der Waals surface area contributed by atoms with Gasteiger partial charge < -0.3 is 48.5 Å². The van der Waals surface area contributed by atoms with Crippen LogP contribution in [0.4, 0.5) is 0 Å². The van der Waals surface area contributed by atoms with Crippen molar-refractivity contribution in [3.8, 4) is 0 Å². The first kappa shape index (κ1) is 39.1. The molecule has 0 aliphatic carbocycles. The first-order valence-electron chi connectivity index (χ1n) is 16.3. The van der Waals surface area contributed by atoms with Gasteiger partial charge >= 0.3 is 17.9 Å². The zero-order valence-electron chi connectivity index (χ0n) is 28.9. The summed E-state index contributed by atoms with van der Waals surface area (Å²) >= 11 is 0. The van der Waals surface area contributed by atoms with E-state index in [0.717, 1.165) is 6.08 Å². The Morgan fingerprint density at radius 2 is 1.77 bits per heavy atom. The molecule has 0 aromatic heterocycles. The van der Waals surface area contributed by atoms with Crippen LogP contribution in [0.25, 0.3) is 0 Å². The molecule has 2 saturated heterocycles. The molecule has 4 bridgehead atoms. The van der Waals surface area contributed by atoms with Crippen LogP contribution < -0.4 is 0 Å². The topological polar surface area (TPSA) is 177 Å². The van der Waals surface area contributed by atoms with E-state index < -0.39 is 65.9 Å². The molecule has 0 aromatic rings. The number of hydrogen-bond donors (Lipinski definition) is 3. The minimum atomic E-state index is -2.26. The molecule has 3 rings (SSSR count). The second-order valence-electron chi connectivity index (χ2n) is 14.4. The number of fused-ring (bicyclic) bond motifs is 4. The van der Waals surface area contributed by atoms with Gasteiger partial charge in [0, 0.05) is 37.9 Å². The molecule has 0 spiro atoms. The summed E-state index contributed by atoms with van der Waals surface area (Å²) in [6, 6.07) is 0. The first-order valence-corrected chi connectivity index (χ1v) is 16.3. The highest BCUT2D eigenvalue weighted by molar-refractivity contribution is 5.83. The van der Waals surface area contributed by atoms with Crippen LogP contribution >= 0.6 is 0 Å². The molecule has 3 heterocycles. The standard InChI is InChI=1S/C34H54O13/c1-20(35)26-18-25-15-22(16-28(38)41-8)31(44-21(2)36)34(40,47-25)33(6,7)12-9-30-43-14-11-24(45-30)19-27(32(3,4)5)42-13-10-23(37)17-29(39)46-26/h9,12,16,20,23-27,30-31,35,37,40H,10-11,13-15,17-19H2,1-8H3/b12-9+,22-16?/t20-,23-,24+,25+,26-,27+,30+,31+,34-/m1/s1. The van der Waals surface area contributed by atoms with E-state index in [9.17, 15) is 29.7 Å². The molecule has 0 amide bonds. The Morgan fingerprint density at radius 1 is 1.09 bits per heavy atom. The summed E-state index contributed by atoms with van der Waals surface area (Å²) in [6.45, 7) is 12.8. The molecule has 0 aromatic carbocycles. The number of carbonyl (C=O) groups excluding carboxylic acids is 3. The van der Waals surface area contributed by atoms with Gasteiger partial charge in [0.15, 0.2) is 12.4 Å². The molecule has 9 atom stereocenters. The zero-order valence-corrected chi connectivity index (χ0v) is 28.9. The van der Waals surface area contributed by atoms with Crippen LogP contribution in [-0.2, 0) is 47.5 Å². The second-order valence-corrected chi connectivity index (χ2v) is 14.4. The average Bonchev–Trinajstić information content (AvgIpc) is 2.96. The second kappa shape index (κ2) is 16.3. The number of methoxy groups -OCH3 is 1. The van der Waals surface area contributed by atoms with Crippen LogP contribution in [0, 0.1) is 10.8 Å². The van der Waals surface area contributed by atoms with Gasteiger partial charge in [-0.15, -0.1) is 0 Å². The summed E-state index contributed by atoms with van der Waals surface area (Å²) in [6.07, 6.45) is -1.48. The number of hydrogen-bond acceptors (Lipinski definition) is 13. The van der Waals surface area contributed by atoms with Gasteiger partial charge in [-0.25, -0.2) is 4.79 Å². The van der Waals surface area contributed by atoms with Crippen molar-refractivity contribution in [2.24, 2.45) is 10.8 Å². The van der Waals surface area contributed by atoms with Gasteiger partial charge in [-0.3, -0.25) is 9.59 Å². The Bertz CT molecular complexity index is 1140. The highest BCUT2D eigenvalue weighted by atomic mass is 16.7. The predicted octanol–water partition coefficient (Wildman–Crippen LogP) is 2.87. The van der Waals surface area contributed by atoms with Crippen molar-refractivity contribution in [2.45, 2.75) is 142 Å². The van der Waals surface area contributed by atoms with Crippen LogP contribution in [0.3, 0.4) is 0 Å². The van der Waals surface area contributed by atoms with E-state index in [-0.39, 0.29) is 55.5 Å². The molecule has 3 aliphatic heterocycles. The Balaban J connectivity index is 2.08. The fourth-order valence-corrected chi connectivity index (χ4v) is 5.96. The van der Waals surface area contributed by atoms with E-state index >= 15 is 0 Å². The van der Waals surface area contributed by atoms with Gasteiger partial charge in [0.2, 0.25) is 5.79 Å². The quantitative estimate of drug-likeness (QED) is 0.173. The van der Waals surface area contributed by atoms with Crippen molar-refractivity contribution >= 4 is 17.9 Å². The third-order valence-electron chi connectivity index (χ3n) is 8.86. The molecule has 268 valence electrons. The number of cyclic esters (lactones) is 1. The summed E-state index contributed by atoms with van der Waals surface area (Å²) in [5.41, 5.74) is -1.35. The van der Waals surface area contributed by atoms with Crippen molar-refractivity contribution in [2.75, 3.05) is 20.3 Å². The Hall–Kier alpha value is -2.39. The summed E-state index contributed by atoms with van der Waals surface area (Å²) < 4.78 is 40.7. The highest BCUT2D eigenvalue weighted by Gasteiger charge is 2.57. The SMILES string of the molecule is COC(=O)C=C1C[C@H]2C[C@H]([C@@H](C)O)OC(=O)C[C@H](O)CCO[C@H](C(C)(C)C)C[C@@H]3CCO[C@H](/C=C/C(C)(C)[C@](O)(O2)[C@H]1OC(C)=O)O3. The van der Waals surface area contributed by atoms with Crippen molar-refractivity contribution in [3.63, 3.8) is 0 Å². The molecule has 13 heteroatoms. The number of rotatable bonds is 3. The molecule has 3 aliphatic rings. The number of ether oxygens (including phenoxy) is 7. The van der Waals surface area contributed by atoms with Gasteiger partial charge in [0.25, 0.3) is 0 Å². The summed E-state index contributed by atoms with van der Waals surface area (Å²) in [5.74, 6) is -4.46. The average molecular weight is 671 g/mol. The Morgan fingerprint density at radius 3 is 2.38 bits per heavy atom. The molecule has 0 saturated carbocycles. The van der Waals surface area contributed by atoms with E-state index in [1.54, 1.807) is 26.0 Å². The zero-order chi connectivity index (χ0) is 35.2. The fraction of sp³-hybridized carbons (Fsp3) is 0.794. The molecular formula is C34H54O13. The fourth-order valence-electron chi connectivity index (χ4n) is 5.96. The van der Waals surface area contributed by atoms with E-state index in [1.807, 2.05) is 0 Å². The van der Waals surface area contributed by atoms with Gasteiger partial charge in [-0.1, -0.05) is 40.7 Å². The third-order valence-corrected chi connectivity index (χ3v) is 8.86. The third kappa shape index (κ3) is 10.8. The lowest BCUT2D eigenvalue weighted by atomic mass is 9.74. The van der Waals surface area contributed by atoms with Crippen LogP contribution in [-0.4, -0.2) is 108 Å². The molecule has 0 radical (unpaired) electrons. The minimum Gasteiger partial charge on any atom is -0.466 e. The molecule has 0 unspecified atom stereocenters. The number of aliphatic hydroxyl groups excluding tert-OH is 2. The minimum absolute atomic E-state index is 0.0264. The van der Waals surface area contributed by atoms with Gasteiger partial charge in [0.05, 0.1) is 50.7 Å². The van der Waals surface area contributed by atoms with Crippen molar-refractivity contribution < 1.29 is 62.9 Å². The predicted molar refractivity (Wildman–Crippen MR) is 167 cm³/mol. The molecule has 3 N–H and O–H groups in total. The maximum Gasteiger partial charge on any atom is 0.330 e. The summed E-state index contributed by atoms with van der Waals surface area (Å²) in [4.78, 5) is 37.6. The van der Waals surface area contributed by atoms with Gasteiger partial charge in [0.1, 0.15) is 6.10 Å². The number of esters is 3. The van der Waals surface area contributed by atoms with Crippen molar-refractivity contribution in [1.29, 1.82) is 0 Å². The van der Waals surface area contributed by atoms with Gasteiger partial charge in [-0.2, -0.15) is 0 Å². The Kier molecular flexibility index (Phi) is 13.6.